The maximum atomic E-state index is 12.0. The zero-order valence-electron chi connectivity index (χ0n) is 11.2. The molecule has 0 saturated carbocycles. The van der Waals surface area contributed by atoms with Gasteiger partial charge in [-0.25, -0.2) is 0 Å². The van der Waals surface area contributed by atoms with Crippen molar-refractivity contribution in [2.75, 3.05) is 39.8 Å². The van der Waals surface area contributed by atoms with Gasteiger partial charge in [0.25, 0.3) is 0 Å². The van der Waals surface area contributed by atoms with Crippen molar-refractivity contribution in [2.24, 2.45) is 0 Å². The molecule has 6 heteroatoms. The lowest BCUT2D eigenvalue weighted by Gasteiger charge is -2.30. The molecule has 1 rings (SSSR count). The van der Waals surface area contributed by atoms with Gasteiger partial charge in [0.15, 0.2) is 0 Å². The van der Waals surface area contributed by atoms with Crippen molar-refractivity contribution >= 4 is 11.9 Å². The molecule has 18 heavy (non-hydrogen) atoms. The lowest BCUT2D eigenvalue weighted by atomic mass is 10.1. The lowest BCUT2D eigenvalue weighted by Crippen LogP contribution is -2.51. The van der Waals surface area contributed by atoms with Crippen LogP contribution in [-0.2, 0) is 9.59 Å². The molecule has 2 N–H and O–H groups in total. The molecule has 0 spiro atoms. The predicted octanol–water partition coefficient (Wildman–Crippen LogP) is -0.397. The zero-order valence-corrected chi connectivity index (χ0v) is 11.2. The van der Waals surface area contributed by atoms with E-state index in [9.17, 15) is 9.59 Å². The maximum Gasteiger partial charge on any atom is 0.320 e. The van der Waals surface area contributed by atoms with Crippen molar-refractivity contribution in [2.45, 2.75) is 25.8 Å². The van der Waals surface area contributed by atoms with Gasteiger partial charge in [-0.2, -0.15) is 0 Å². The zero-order chi connectivity index (χ0) is 13.5. The van der Waals surface area contributed by atoms with Crippen molar-refractivity contribution in [3.63, 3.8) is 0 Å². The molecule has 1 fully saturated rings. The molecule has 1 atom stereocenters. The fourth-order valence-corrected chi connectivity index (χ4v) is 2.14. The number of rotatable bonds is 6. The van der Waals surface area contributed by atoms with Gasteiger partial charge in [-0.05, 0) is 13.5 Å². The summed E-state index contributed by atoms with van der Waals surface area (Å²) in [4.78, 5) is 26.5. The molecule has 104 valence electrons. The molecule has 0 bridgehead atoms. The van der Waals surface area contributed by atoms with Gasteiger partial charge in [0.1, 0.15) is 6.04 Å². The highest BCUT2D eigenvalue weighted by Crippen LogP contribution is 2.06. The van der Waals surface area contributed by atoms with Crippen LogP contribution >= 0.6 is 0 Å². The number of carbonyl (C=O) groups excluding carboxylic acids is 1. The summed E-state index contributed by atoms with van der Waals surface area (Å²) in [6.07, 6.45) is 1.36. The molecule has 1 heterocycles. The van der Waals surface area contributed by atoms with Crippen LogP contribution in [0.4, 0.5) is 0 Å². The average molecular weight is 257 g/mol. The van der Waals surface area contributed by atoms with Crippen LogP contribution in [0.3, 0.4) is 0 Å². The van der Waals surface area contributed by atoms with Gasteiger partial charge >= 0.3 is 5.97 Å². The van der Waals surface area contributed by atoms with Crippen LogP contribution in [0.5, 0.6) is 0 Å². The summed E-state index contributed by atoms with van der Waals surface area (Å²) in [7, 11) is 1.70. The van der Waals surface area contributed by atoms with Crippen molar-refractivity contribution in [3.05, 3.63) is 0 Å². The van der Waals surface area contributed by atoms with E-state index in [0.717, 1.165) is 19.5 Å². The minimum absolute atomic E-state index is 0.0151. The molecule has 0 aromatic rings. The van der Waals surface area contributed by atoms with Crippen LogP contribution in [0.2, 0.25) is 0 Å². The number of carboxylic acid groups (broad SMARTS) is 1. The van der Waals surface area contributed by atoms with Crippen LogP contribution in [0.25, 0.3) is 0 Å². The summed E-state index contributed by atoms with van der Waals surface area (Å²) < 4.78 is 0. The lowest BCUT2D eigenvalue weighted by molar-refractivity contribution is -0.144. The van der Waals surface area contributed by atoms with E-state index < -0.39 is 12.0 Å². The highest BCUT2D eigenvalue weighted by atomic mass is 16.4. The Labute approximate surface area is 108 Å². The van der Waals surface area contributed by atoms with Gasteiger partial charge in [-0.1, -0.05) is 13.3 Å². The molecular weight excluding hydrogens is 234 g/mol. The summed E-state index contributed by atoms with van der Waals surface area (Å²) in [6, 6.07) is -0.568. The Morgan fingerprint density at radius 2 is 2.00 bits per heavy atom. The van der Waals surface area contributed by atoms with Gasteiger partial charge in [0.05, 0.1) is 6.54 Å². The third-order valence-electron chi connectivity index (χ3n) is 3.23. The van der Waals surface area contributed by atoms with Gasteiger partial charge in [-0.15, -0.1) is 0 Å². The molecule has 0 radical (unpaired) electrons. The topological polar surface area (TPSA) is 72.9 Å². The Morgan fingerprint density at radius 1 is 1.39 bits per heavy atom. The number of likely N-dealkylation sites (N-methyl/N-ethyl adjacent to an activating group) is 1. The molecular formula is C12H23N3O3. The third kappa shape index (κ3) is 4.27. The largest absolute Gasteiger partial charge is 0.480 e. The Balaban J connectivity index is 2.48. The fraction of sp³-hybridized carbons (Fsp3) is 0.833. The summed E-state index contributed by atoms with van der Waals surface area (Å²) >= 11 is 0. The number of amides is 1. The molecule has 1 saturated heterocycles. The van der Waals surface area contributed by atoms with E-state index in [1.807, 2.05) is 6.92 Å². The van der Waals surface area contributed by atoms with Crippen LogP contribution in [0, 0.1) is 0 Å². The van der Waals surface area contributed by atoms with Crippen LogP contribution < -0.4 is 5.32 Å². The second-order valence-electron chi connectivity index (χ2n) is 4.69. The van der Waals surface area contributed by atoms with Crippen LogP contribution in [0.15, 0.2) is 0 Å². The number of nitrogens with zero attached hydrogens (tertiary/aromatic N) is 2. The minimum Gasteiger partial charge on any atom is -0.480 e. The number of nitrogens with one attached hydrogen (secondary N) is 1. The van der Waals surface area contributed by atoms with E-state index in [4.69, 9.17) is 5.11 Å². The molecule has 1 aliphatic rings. The normalized spacial score (nSPS) is 17.8. The van der Waals surface area contributed by atoms with Crippen molar-refractivity contribution < 1.29 is 14.7 Å². The first kappa shape index (κ1) is 14.9. The molecule has 1 aliphatic heterocycles. The van der Waals surface area contributed by atoms with Gasteiger partial charge in [0, 0.05) is 26.2 Å². The van der Waals surface area contributed by atoms with Crippen LogP contribution in [-0.4, -0.2) is 72.6 Å². The monoisotopic (exact) mass is 257 g/mol. The van der Waals surface area contributed by atoms with E-state index in [-0.39, 0.29) is 12.5 Å². The second-order valence-corrected chi connectivity index (χ2v) is 4.69. The number of hydrogen-bond donors (Lipinski definition) is 2. The molecule has 0 aliphatic carbocycles. The summed E-state index contributed by atoms with van der Waals surface area (Å²) in [5.41, 5.74) is 0. The smallest absolute Gasteiger partial charge is 0.320 e. The number of hydrogen-bond acceptors (Lipinski definition) is 4. The number of piperazine rings is 1. The first-order valence-corrected chi connectivity index (χ1v) is 6.47. The van der Waals surface area contributed by atoms with E-state index >= 15 is 0 Å². The predicted molar refractivity (Wildman–Crippen MR) is 68.4 cm³/mol. The van der Waals surface area contributed by atoms with Crippen molar-refractivity contribution in [1.82, 2.24) is 15.1 Å². The van der Waals surface area contributed by atoms with Crippen molar-refractivity contribution in [3.8, 4) is 0 Å². The van der Waals surface area contributed by atoms with Crippen LogP contribution in [0.1, 0.15) is 19.8 Å². The summed E-state index contributed by atoms with van der Waals surface area (Å²) in [5, 5.41) is 12.3. The quantitative estimate of drug-likeness (QED) is 0.677. The Kier molecular flexibility index (Phi) is 6.07. The summed E-state index contributed by atoms with van der Waals surface area (Å²) in [6.45, 7) is 5.16. The van der Waals surface area contributed by atoms with E-state index in [2.05, 4.69) is 5.32 Å². The summed E-state index contributed by atoms with van der Waals surface area (Å²) in [5.74, 6) is -0.839. The highest BCUT2D eigenvalue weighted by Gasteiger charge is 2.25. The molecule has 1 amide bonds. The Bertz CT molecular complexity index is 290. The Morgan fingerprint density at radius 3 is 2.50 bits per heavy atom. The first-order valence-electron chi connectivity index (χ1n) is 6.47. The van der Waals surface area contributed by atoms with E-state index in [1.54, 1.807) is 16.8 Å². The number of carboxylic acids is 1. The van der Waals surface area contributed by atoms with Gasteiger partial charge in [0.2, 0.25) is 5.91 Å². The molecule has 0 aromatic carbocycles. The Hall–Kier alpha value is -1.14. The molecule has 1 unspecified atom stereocenters. The van der Waals surface area contributed by atoms with Gasteiger partial charge < -0.3 is 15.3 Å². The first-order chi connectivity index (χ1) is 8.56. The minimum atomic E-state index is -0.854. The standard InChI is InChI=1S/C12H23N3O3/c1-3-4-10(12(17)18)14(2)9-11(16)15-7-5-13-6-8-15/h10,13H,3-9H2,1-2H3,(H,17,18). The fourth-order valence-electron chi connectivity index (χ4n) is 2.14. The third-order valence-corrected chi connectivity index (χ3v) is 3.23. The van der Waals surface area contributed by atoms with Crippen molar-refractivity contribution in [1.29, 1.82) is 0 Å². The highest BCUT2D eigenvalue weighted by molar-refractivity contribution is 5.80. The van der Waals surface area contributed by atoms with Gasteiger partial charge in [-0.3, -0.25) is 14.5 Å². The molecule has 0 aromatic heterocycles. The second kappa shape index (κ2) is 7.33. The SMILES string of the molecule is CCCC(C(=O)O)N(C)CC(=O)N1CCNCC1. The van der Waals surface area contributed by atoms with E-state index in [1.165, 1.54) is 0 Å². The maximum absolute atomic E-state index is 12.0. The number of aliphatic carboxylic acids is 1. The average Bonchev–Trinajstić information content (AvgIpc) is 2.36. The van der Waals surface area contributed by atoms with E-state index in [0.29, 0.717) is 19.5 Å². The molecule has 6 nitrogen and oxygen atoms in total. The number of carbonyl (C=O) groups is 2.